The van der Waals surface area contributed by atoms with Crippen molar-refractivity contribution in [1.29, 1.82) is 0 Å². The summed E-state index contributed by atoms with van der Waals surface area (Å²) in [7, 11) is 2.08. The SMILES string of the molecule is CC(=O)NC(CS)C(=O)NC1CCN(C)CC1. The summed E-state index contributed by atoms with van der Waals surface area (Å²) < 4.78 is 0. The van der Waals surface area contributed by atoms with Crippen LogP contribution in [0.25, 0.3) is 0 Å². The number of piperidine rings is 1. The molecule has 0 spiro atoms. The van der Waals surface area contributed by atoms with Gasteiger partial charge in [-0.05, 0) is 33.0 Å². The summed E-state index contributed by atoms with van der Waals surface area (Å²) >= 11 is 4.08. The number of carbonyl (C=O) groups excluding carboxylic acids is 2. The van der Waals surface area contributed by atoms with Gasteiger partial charge >= 0.3 is 0 Å². The summed E-state index contributed by atoms with van der Waals surface area (Å²) in [6.07, 6.45) is 1.92. The van der Waals surface area contributed by atoms with Crippen molar-refractivity contribution in [3.63, 3.8) is 0 Å². The van der Waals surface area contributed by atoms with Gasteiger partial charge in [-0.3, -0.25) is 9.59 Å². The molecule has 0 saturated carbocycles. The molecule has 98 valence electrons. The van der Waals surface area contributed by atoms with Crippen molar-refractivity contribution in [1.82, 2.24) is 15.5 Å². The second-order valence-electron chi connectivity index (χ2n) is 4.52. The van der Waals surface area contributed by atoms with Crippen LogP contribution in [0.15, 0.2) is 0 Å². The van der Waals surface area contributed by atoms with Gasteiger partial charge in [-0.2, -0.15) is 12.6 Å². The lowest BCUT2D eigenvalue weighted by atomic mass is 10.1. The van der Waals surface area contributed by atoms with Gasteiger partial charge in [-0.15, -0.1) is 0 Å². The number of likely N-dealkylation sites (tertiary alicyclic amines) is 1. The van der Waals surface area contributed by atoms with Crippen molar-refractivity contribution < 1.29 is 9.59 Å². The monoisotopic (exact) mass is 259 g/mol. The molecule has 1 fully saturated rings. The lowest BCUT2D eigenvalue weighted by Gasteiger charge is -2.30. The van der Waals surface area contributed by atoms with Gasteiger partial charge in [0, 0.05) is 18.7 Å². The summed E-state index contributed by atoms with van der Waals surface area (Å²) in [4.78, 5) is 25.0. The van der Waals surface area contributed by atoms with Crippen LogP contribution >= 0.6 is 12.6 Å². The molecule has 5 nitrogen and oxygen atoms in total. The third-order valence-electron chi connectivity index (χ3n) is 2.94. The van der Waals surface area contributed by atoms with Crippen LogP contribution in [0, 0.1) is 0 Å². The molecule has 0 aromatic rings. The molecule has 0 aromatic heterocycles. The van der Waals surface area contributed by atoms with Crippen molar-refractivity contribution >= 4 is 24.4 Å². The molecule has 0 aromatic carbocycles. The largest absolute Gasteiger partial charge is 0.351 e. The fourth-order valence-corrected chi connectivity index (χ4v) is 2.15. The first-order valence-electron chi connectivity index (χ1n) is 5.89. The maximum Gasteiger partial charge on any atom is 0.243 e. The van der Waals surface area contributed by atoms with Gasteiger partial charge in [0.05, 0.1) is 0 Å². The molecule has 2 N–H and O–H groups in total. The van der Waals surface area contributed by atoms with E-state index in [2.05, 4.69) is 35.2 Å². The van der Waals surface area contributed by atoms with Gasteiger partial charge < -0.3 is 15.5 Å². The molecule has 0 bridgehead atoms. The summed E-state index contributed by atoms with van der Waals surface area (Å²) in [6, 6.07) is -0.315. The van der Waals surface area contributed by atoms with Crippen LogP contribution in [-0.4, -0.2) is 54.7 Å². The highest BCUT2D eigenvalue weighted by Crippen LogP contribution is 2.08. The highest BCUT2D eigenvalue weighted by atomic mass is 32.1. The number of nitrogens with zero attached hydrogens (tertiary/aromatic N) is 1. The van der Waals surface area contributed by atoms with E-state index >= 15 is 0 Å². The summed E-state index contributed by atoms with van der Waals surface area (Å²) in [5.74, 6) is -0.0229. The minimum atomic E-state index is -0.532. The van der Waals surface area contributed by atoms with E-state index in [0.29, 0.717) is 5.75 Å². The third kappa shape index (κ3) is 4.95. The Kier molecular flexibility index (Phi) is 5.77. The molecule has 1 aliphatic rings. The Morgan fingerprint density at radius 3 is 2.47 bits per heavy atom. The molecular formula is C11H21N3O2S. The van der Waals surface area contributed by atoms with Crippen LogP contribution in [0.1, 0.15) is 19.8 Å². The van der Waals surface area contributed by atoms with Crippen molar-refractivity contribution in [3.05, 3.63) is 0 Å². The lowest BCUT2D eigenvalue weighted by Crippen LogP contribution is -2.52. The lowest BCUT2D eigenvalue weighted by molar-refractivity contribution is -0.128. The molecule has 1 aliphatic heterocycles. The van der Waals surface area contributed by atoms with Gasteiger partial charge in [0.2, 0.25) is 11.8 Å². The third-order valence-corrected chi connectivity index (χ3v) is 3.31. The summed E-state index contributed by atoms with van der Waals surface area (Å²) in [5, 5.41) is 5.56. The minimum absolute atomic E-state index is 0.134. The van der Waals surface area contributed by atoms with Gasteiger partial charge in [-0.1, -0.05) is 0 Å². The number of rotatable bonds is 4. The number of hydrogen-bond donors (Lipinski definition) is 3. The average molecular weight is 259 g/mol. The molecule has 2 amide bonds. The van der Waals surface area contributed by atoms with Crippen LogP contribution in [-0.2, 0) is 9.59 Å². The Balaban J connectivity index is 2.38. The Labute approximate surface area is 108 Å². The van der Waals surface area contributed by atoms with Gasteiger partial charge in [0.1, 0.15) is 6.04 Å². The molecule has 1 rings (SSSR count). The van der Waals surface area contributed by atoms with E-state index in [-0.39, 0.29) is 17.9 Å². The van der Waals surface area contributed by atoms with Crippen LogP contribution in [0.3, 0.4) is 0 Å². The van der Waals surface area contributed by atoms with E-state index in [1.165, 1.54) is 6.92 Å². The van der Waals surface area contributed by atoms with Crippen LogP contribution < -0.4 is 10.6 Å². The molecule has 1 atom stereocenters. The Morgan fingerprint density at radius 1 is 1.41 bits per heavy atom. The Morgan fingerprint density at radius 2 is 2.00 bits per heavy atom. The number of hydrogen-bond acceptors (Lipinski definition) is 4. The molecule has 0 aliphatic carbocycles. The van der Waals surface area contributed by atoms with E-state index in [0.717, 1.165) is 25.9 Å². The zero-order chi connectivity index (χ0) is 12.8. The first-order chi connectivity index (χ1) is 8.02. The highest BCUT2D eigenvalue weighted by Gasteiger charge is 2.23. The zero-order valence-corrected chi connectivity index (χ0v) is 11.3. The van der Waals surface area contributed by atoms with E-state index in [4.69, 9.17) is 0 Å². The predicted octanol–water partition coefficient (Wildman–Crippen LogP) is -0.369. The normalized spacial score (nSPS) is 19.7. The van der Waals surface area contributed by atoms with E-state index < -0.39 is 6.04 Å². The molecule has 6 heteroatoms. The fourth-order valence-electron chi connectivity index (χ4n) is 1.89. The highest BCUT2D eigenvalue weighted by molar-refractivity contribution is 7.80. The second kappa shape index (κ2) is 6.86. The van der Waals surface area contributed by atoms with Gasteiger partial charge in [0.15, 0.2) is 0 Å². The smallest absolute Gasteiger partial charge is 0.243 e. The van der Waals surface area contributed by atoms with Crippen molar-refractivity contribution in [2.45, 2.75) is 31.8 Å². The van der Waals surface area contributed by atoms with Gasteiger partial charge in [-0.25, -0.2) is 0 Å². The van der Waals surface area contributed by atoms with Crippen LogP contribution in [0.2, 0.25) is 0 Å². The van der Waals surface area contributed by atoms with E-state index in [1.54, 1.807) is 0 Å². The maximum absolute atomic E-state index is 11.9. The van der Waals surface area contributed by atoms with Crippen molar-refractivity contribution in [2.24, 2.45) is 0 Å². The van der Waals surface area contributed by atoms with Crippen molar-refractivity contribution in [2.75, 3.05) is 25.9 Å². The Bertz CT molecular complexity index is 278. The van der Waals surface area contributed by atoms with Crippen molar-refractivity contribution in [3.8, 4) is 0 Å². The first-order valence-corrected chi connectivity index (χ1v) is 6.53. The molecule has 1 heterocycles. The number of nitrogens with one attached hydrogen (secondary N) is 2. The standard InChI is InChI=1S/C11H21N3O2S/c1-8(15)12-10(7-17)11(16)13-9-3-5-14(2)6-4-9/h9-10,17H,3-7H2,1-2H3,(H,12,15)(H,13,16). The fraction of sp³-hybridized carbons (Fsp3) is 0.818. The molecule has 0 radical (unpaired) electrons. The van der Waals surface area contributed by atoms with E-state index in [9.17, 15) is 9.59 Å². The average Bonchev–Trinajstić information content (AvgIpc) is 2.28. The zero-order valence-electron chi connectivity index (χ0n) is 10.4. The first kappa shape index (κ1) is 14.3. The van der Waals surface area contributed by atoms with Gasteiger partial charge in [0.25, 0.3) is 0 Å². The molecule has 17 heavy (non-hydrogen) atoms. The number of amides is 2. The maximum atomic E-state index is 11.9. The minimum Gasteiger partial charge on any atom is -0.351 e. The van der Waals surface area contributed by atoms with Crippen LogP contribution in [0.4, 0.5) is 0 Å². The predicted molar refractivity (Wildman–Crippen MR) is 70.1 cm³/mol. The van der Waals surface area contributed by atoms with E-state index in [1.807, 2.05) is 0 Å². The number of carbonyl (C=O) groups is 2. The molecule has 1 saturated heterocycles. The Hall–Kier alpha value is -0.750. The second-order valence-corrected chi connectivity index (χ2v) is 4.89. The summed E-state index contributed by atoms with van der Waals surface area (Å²) in [5.41, 5.74) is 0. The molecule has 1 unspecified atom stereocenters. The molecular weight excluding hydrogens is 238 g/mol. The number of thiol groups is 1. The quantitative estimate of drug-likeness (QED) is 0.604. The summed E-state index contributed by atoms with van der Waals surface area (Å²) in [6.45, 7) is 3.40. The van der Waals surface area contributed by atoms with Crippen LogP contribution in [0.5, 0.6) is 0 Å². The topological polar surface area (TPSA) is 61.4 Å².